The Hall–Kier alpha value is -1.27. The van der Waals surface area contributed by atoms with Crippen LogP contribution in [0.25, 0.3) is 0 Å². The highest BCUT2D eigenvalue weighted by Crippen LogP contribution is 2.12. The summed E-state index contributed by atoms with van der Waals surface area (Å²) < 4.78 is 27.8. The molecule has 0 aromatic heterocycles. The zero-order chi connectivity index (χ0) is 18.5. The van der Waals surface area contributed by atoms with Gasteiger partial charge in [0.1, 0.15) is 6.61 Å². The monoisotopic (exact) mass is 389 g/mol. The Kier molecular flexibility index (Phi) is 10.6. The smallest absolute Gasteiger partial charge is 0.407 e. The molecule has 1 amide bonds. The van der Waals surface area contributed by atoms with Crippen molar-refractivity contribution in [3.05, 3.63) is 35.9 Å². The van der Waals surface area contributed by atoms with Gasteiger partial charge in [0.05, 0.1) is 5.75 Å². The molecule has 142 valence electrons. The predicted octanol–water partition coefficient (Wildman–Crippen LogP) is 4.60. The molecule has 1 aromatic carbocycles. The van der Waals surface area contributed by atoms with Gasteiger partial charge in [0.25, 0.3) is 0 Å². The number of amides is 1. The van der Waals surface area contributed by atoms with Crippen molar-refractivity contribution in [1.82, 2.24) is 5.32 Å². The molecular formula is C18H28ClNO4S. The first-order valence-corrected chi connectivity index (χ1v) is 11.3. The molecule has 1 unspecified atom stereocenters. The topological polar surface area (TPSA) is 72.5 Å². The minimum atomic E-state index is -3.69. The van der Waals surface area contributed by atoms with Crippen molar-refractivity contribution in [1.29, 1.82) is 0 Å². The van der Waals surface area contributed by atoms with Crippen molar-refractivity contribution in [2.45, 2.75) is 64.5 Å². The Labute approximate surface area is 155 Å². The van der Waals surface area contributed by atoms with Gasteiger partial charge in [-0.2, -0.15) is 0 Å². The summed E-state index contributed by atoms with van der Waals surface area (Å²) in [5, 5.41) is 2.62. The van der Waals surface area contributed by atoms with Crippen molar-refractivity contribution < 1.29 is 17.9 Å². The molecule has 0 aliphatic rings. The van der Waals surface area contributed by atoms with Crippen molar-refractivity contribution in [3.63, 3.8) is 0 Å². The van der Waals surface area contributed by atoms with Crippen LogP contribution in [-0.2, 0) is 20.4 Å². The van der Waals surface area contributed by atoms with Crippen LogP contribution in [-0.4, -0.2) is 26.3 Å². The Morgan fingerprint density at radius 1 is 1.12 bits per heavy atom. The van der Waals surface area contributed by atoms with Crippen LogP contribution in [0.2, 0.25) is 0 Å². The molecule has 0 bridgehead atoms. The van der Waals surface area contributed by atoms with Gasteiger partial charge in [-0.25, -0.2) is 13.2 Å². The van der Waals surface area contributed by atoms with Gasteiger partial charge in [0.2, 0.25) is 9.05 Å². The molecular weight excluding hydrogens is 362 g/mol. The highest BCUT2D eigenvalue weighted by molar-refractivity contribution is 8.13. The molecule has 0 fully saturated rings. The molecule has 7 heteroatoms. The summed E-state index contributed by atoms with van der Waals surface area (Å²) in [5.74, 6) is -0.288. The fourth-order valence-corrected chi connectivity index (χ4v) is 3.73. The number of rotatable bonds is 12. The lowest BCUT2D eigenvalue weighted by Crippen LogP contribution is -2.39. The molecule has 1 rings (SSSR count). The maximum Gasteiger partial charge on any atom is 0.407 e. The Morgan fingerprint density at radius 2 is 1.76 bits per heavy atom. The van der Waals surface area contributed by atoms with Crippen molar-refractivity contribution in [2.24, 2.45) is 0 Å². The fourth-order valence-electron chi connectivity index (χ4n) is 2.54. The zero-order valence-corrected chi connectivity index (χ0v) is 16.3. The van der Waals surface area contributed by atoms with Gasteiger partial charge in [-0.15, -0.1) is 0 Å². The first-order valence-electron chi connectivity index (χ1n) is 8.80. The Morgan fingerprint density at radius 3 is 2.40 bits per heavy atom. The number of carbonyl (C=O) groups is 1. The number of unbranched alkanes of at least 4 members (excludes halogenated alkanes) is 5. The van der Waals surface area contributed by atoms with E-state index in [1.165, 1.54) is 19.3 Å². The molecule has 0 heterocycles. The first kappa shape index (κ1) is 21.8. The van der Waals surface area contributed by atoms with E-state index in [4.69, 9.17) is 15.4 Å². The average Bonchev–Trinajstić information content (AvgIpc) is 2.55. The van der Waals surface area contributed by atoms with Crippen LogP contribution < -0.4 is 5.32 Å². The minimum absolute atomic E-state index is 0.143. The van der Waals surface area contributed by atoms with E-state index in [-0.39, 0.29) is 12.4 Å². The van der Waals surface area contributed by atoms with Gasteiger partial charge < -0.3 is 10.1 Å². The summed E-state index contributed by atoms with van der Waals surface area (Å²) in [6.45, 7) is 2.30. The summed E-state index contributed by atoms with van der Waals surface area (Å²) in [5.41, 5.74) is 0.870. The minimum Gasteiger partial charge on any atom is -0.445 e. The van der Waals surface area contributed by atoms with Crippen LogP contribution in [0, 0.1) is 0 Å². The maximum atomic E-state index is 11.9. The van der Waals surface area contributed by atoms with Gasteiger partial charge in [-0.05, 0) is 12.0 Å². The molecule has 0 saturated heterocycles. The number of carbonyl (C=O) groups excluding carboxylic acids is 1. The van der Waals surface area contributed by atoms with E-state index < -0.39 is 21.2 Å². The summed E-state index contributed by atoms with van der Waals surface area (Å²) >= 11 is 0. The number of hydrogen-bond donors (Lipinski definition) is 1. The van der Waals surface area contributed by atoms with Crippen molar-refractivity contribution >= 4 is 25.8 Å². The summed E-state index contributed by atoms with van der Waals surface area (Å²) in [7, 11) is 1.66. The van der Waals surface area contributed by atoms with Crippen molar-refractivity contribution in [3.8, 4) is 0 Å². The van der Waals surface area contributed by atoms with Crippen LogP contribution in [0.15, 0.2) is 30.3 Å². The highest BCUT2D eigenvalue weighted by Gasteiger charge is 2.19. The summed E-state index contributed by atoms with van der Waals surface area (Å²) in [6, 6.07) is 8.77. The second-order valence-corrected chi connectivity index (χ2v) is 8.99. The van der Waals surface area contributed by atoms with Gasteiger partial charge in [-0.1, -0.05) is 75.8 Å². The normalized spacial score (nSPS) is 12.6. The van der Waals surface area contributed by atoms with E-state index in [9.17, 15) is 13.2 Å². The molecule has 25 heavy (non-hydrogen) atoms. The molecule has 0 aliphatic carbocycles. The second kappa shape index (κ2) is 12.1. The van der Waals surface area contributed by atoms with Crippen LogP contribution in [0.1, 0.15) is 57.4 Å². The quantitative estimate of drug-likeness (QED) is 0.418. The second-order valence-electron chi connectivity index (χ2n) is 6.16. The van der Waals surface area contributed by atoms with Crippen LogP contribution in [0.4, 0.5) is 4.79 Å². The molecule has 1 N–H and O–H groups in total. The van der Waals surface area contributed by atoms with E-state index >= 15 is 0 Å². The van der Waals surface area contributed by atoms with E-state index in [2.05, 4.69) is 12.2 Å². The van der Waals surface area contributed by atoms with Gasteiger partial charge in [-0.3, -0.25) is 0 Å². The maximum absolute atomic E-state index is 11.9. The molecule has 0 aliphatic heterocycles. The van der Waals surface area contributed by atoms with Crippen LogP contribution in [0.5, 0.6) is 0 Å². The highest BCUT2D eigenvalue weighted by atomic mass is 35.7. The van der Waals surface area contributed by atoms with E-state index in [0.717, 1.165) is 24.8 Å². The molecule has 0 radical (unpaired) electrons. The summed E-state index contributed by atoms with van der Waals surface area (Å²) in [6.07, 6.45) is 6.50. The lowest BCUT2D eigenvalue weighted by molar-refractivity contribution is 0.136. The SMILES string of the molecule is CCCCCCCCC(CS(=O)(=O)Cl)NC(=O)OCc1ccccc1. The first-order chi connectivity index (χ1) is 11.9. The molecule has 1 aromatic rings. The summed E-state index contributed by atoms with van der Waals surface area (Å²) in [4.78, 5) is 11.9. The van der Waals surface area contributed by atoms with E-state index in [0.29, 0.717) is 6.42 Å². The molecule has 0 saturated carbocycles. The Balaban J connectivity index is 2.39. The number of alkyl carbamates (subject to hydrolysis) is 1. The Bertz CT molecular complexity index is 592. The largest absolute Gasteiger partial charge is 0.445 e. The third-order valence-corrected chi connectivity index (χ3v) is 5.02. The fraction of sp³-hybridized carbons (Fsp3) is 0.611. The number of hydrogen-bond acceptors (Lipinski definition) is 4. The number of benzene rings is 1. The number of ether oxygens (including phenoxy) is 1. The lowest BCUT2D eigenvalue weighted by Gasteiger charge is -2.17. The third-order valence-electron chi connectivity index (χ3n) is 3.84. The standard InChI is InChI=1S/C18H28ClNO4S/c1-2-3-4-5-6-10-13-17(15-25(19,22)23)20-18(21)24-14-16-11-8-7-9-12-16/h7-9,11-12,17H,2-6,10,13-15H2,1H3,(H,20,21). The molecule has 5 nitrogen and oxygen atoms in total. The van der Waals surface area contributed by atoms with Crippen molar-refractivity contribution in [2.75, 3.05) is 5.75 Å². The predicted molar refractivity (Wildman–Crippen MR) is 101 cm³/mol. The third kappa shape index (κ3) is 11.8. The van der Waals surface area contributed by atoms with Gasteiger partial charge in [0, 0.05) is 16.7 Å². The zero-order valence-electron chi connectivity index (χ0n) is 14.7. The van der Waals surface area contributed by atoms with E-state index in [1.54, 1.807) is 0 Å². The van der Waals surface area contributed by atoms with E-state index in [1.807, 2.05) is 30.3 Å². The van der Waals surface area contributed by atoms with Gasteiger partial charge >= 0.3 is 6.09 Å². The average molecular weight is 390 g/mol. The molecule has 0 spiro atoms. The number of halogens is 1. The van der Waals surface area contributed by atoms with Crippen LogP contribution in [0.3, 0.4) is 0 Å². The van der Waals surface area contributed by atoms with Gasteiger partial charge in [0.15, 0.2) is 0 Å². The number of nitrogens with one attached hydrogen (secondary N) is 1. The lowest BCUT2D eigenvalue weighted by atomic mass is 10.1. The van der Waals surface area contributed by atoms with Crippen LogP contribution >= 0.6 is 10.7 Å². The molecule has 1 atom stereocenters.